The Balaban J connectivity index is 0.00000264. The van der Waals surface area contributed by atoms with Crippen molar-refractivity contribution in [1.29, 1.82) is 0 Å². The van der Waals surface area contributed by atoms with Gasteiger partial charge in [-0.05, 0) is 31.9 Å². The Morgan fingerprint density at radius 2 is 2.17 bits per heavy atom. The van der Waals surface area contributed by atoms with Crippen molar-refractivity contribution in [1.82, 2.24) is 5.32 Å². The first kappa shape index (κ1) is 19.3. The molecule has 2 rings (SSSR count). The summed E-state index contributed by atoms with van der Waals surface area (Å²) in [5.41, 5.74) is 6.41. The molecule has 0 bridgehead atoms. The number of carbonyl (C=O) groups excluding carboxylic acids is 2. The normalized spacial score (nSPS) is 14.3. The Bertz CT molecular complexity index is 537. The minimum atomic E-state index is -0.0537. The van der Waals surface area contributed by atoms with Gasteiger partial charge in [-0.3, -0.25) is 9.59 Å². The van der Waals surface area contributed by atoms with Gasteiger partial charge >= 0.3 is 0 Å². The summed E-state index contributed by atoms with van der Waals surface area (Å²) in [7, 11) is 0. The van der Waals surface area contributed by atoms with Crippen LogP contribution in [-0.4, -0.2) is 37.6 Å². The fourth-order valence-electron chi connectivity index (χ4n) is 2.31. The number of ether oxygens (including phenoxy) is 1. The van der Waals surface area contributed by atoms with Crippen molar-refractivity contribution in [2.24, 2.45) is 5.73 Å². The molecule has 0 fully saturated rings. The van der Waals surface area contributed by atoms with Gasteiger partial charge in [-0.15, -0.1) is 12.4 Å². The fourth-order valence-corrected chi connectivity index (χ4v) is 2.31. The lowest BCUT2D eigenvalue weighted by Crippen LogP contribution is -2.40. The molecule has 0 aromatic heterocycles. The van der Waals surface area contributed by atoms with E-state index in [4.69, 9.17) is 10.5 Å². The molecule has 1 aliphatic heterocycles. The van der Waals surface area contributed by atoms with Gasteiger partial charge in [0.25, 0.3) is 5.91 Å². The first-order valence-corrected chi connectivity index (χ1v) is 7.62. The number of halogens is 1. The van der Waals surface area contributed by atoms with E-state index >= 15 is 0 Å². The number of hydrogen-bond acceptors (Lipinski definition) is 4. The van der Waals surface area contributed by atoms with Crippen molar-refractivity contribution in [3.05, 3.63) is 24.3 Å². The van der Waals surface area contributed by atoms with E-state index in [1.165, 1.54) is 0 Å². The highest BCUT2D eigenvalue weighted by molar-refractivity contribution is 5.97. The highest BCUT2D eigenvalue weighted by Crippen LogP contribution is 2.31. The minimum Gasteiger partial charge on any atom is -0.482 e. The number of benzene rings is 1. The number of nitrogens with two attached hydrogens (primary N) is 1. The third-order valence-corrected chi connectivity index (χ3v) is 3.52. The van der Waals surface area contributed by atoms with E-state index < -0.39 is 0 Å². The van der Waals surface area contributed by atoms with Crippen LogP contribution in [-0.2, 0) is 9.59 Å². The van der Waals surface area contributed by atoms with Crippen LogP contribution in [0, 0.1) is 0 Å². The molecule has 1 aromatic carbocycles. The Hall–Kier alpha value is -1.79. The number of rotatable bonds is 7. The number of nitrogens with one attached hydrogen (secondary N) is 1. The van der Waals surface area contributed by atoms with Gasteiger partial charge in [-0.25, -0.2) is 0 Å². The third kappa shape index (κ3) is 5.73. The van der Waals surface area contributed by atoms with Crippen molar-refractivity contribution in [3.8, 4) is 5.75 Å². The van der Waals surface area contributed by atoms with Crippen LogP contribution in [0.1, 0.15) is 26.2 Å². The second kappa shape index (κ2) is 9.37. The topological polar surface area (TPSA) is 84.7 Å². The predicted octanol–water partition coefficient (Wildman–Crippen LogP) is 1.47. The average molecular weight is 342 g/mol. The molecule has 1 aromatic rings. The highest BCUT2D eigenvalue weighted by atomic mass is 35.5. The van der Waals surface area contributed by atoms with Gasteiger partial charge < -0.3 is 20.7 Å². The predicted molar refractivity (Wildman–Crippen MR) is 92.0 cm³/mol. The maximum Gasteiger partial charge on any atom is 0.265 e. The molecule has 7 heteroatoms. The van der Waals surface area contributed by atoms with Crippen LogP contribution in [0.25, 0.3) is 0 Å². The second-order valence-electron chi connectivity index (χ2n) is 5.52. The molecule has 0 saturated heterocycles. The summed E-state index contributed by atoms with van der Waals surface area (Å²) in [6.45, 7) is 3.06. The zero-order valence-corrected chi connectivity index (χ0v) is 14.1. The van der Waals surface area contributed by atoms with E-state index in [0.29, 0.717) is 32.4 Å². The van der Waals surface area contributed by atoms with Crippen molar-refractivity contribution in [2.75, 3.05) is 24.6 Å². The molecule has 0 saturated carbocycles. The number of hydrogen-bond donors (Lipinski definition) is 2. The van der Waals surface area contributed by atoms with E-state index in [2.05, 4.69) is 5.32 Å². The molecular weight excluding hydrogens is 318 g/mol. The van der Waals surface area contributed by atoms with Gasteiger partial charge in [-0.2, -0.15) is 0 Å². The molecule has 1 heterocycles. The maximum absolute atomic E-state index is 12.0. The highest BCUT2D eigenvalue weighted by Gasteiger charge is 2.24. The van der Waals surface area contributed by atoms with Crippen LogP contribution in [0.2, 0.25) is 0 Å². The Morgan fingerprint density at radius 3 is 2.91 bits per heavy atom. The van der Waals surface area contributed by atoms with Crippen LogP contribution in [0.3, 0.4) is 0 Å². The summed E-state index contributed by atoms with van der Waals surface area (Å²) in [4.78, 5) is 25.3. The summed E-state index contributed by atoms with van der Waals surface area (Å²) in [5.74, 6) is 0.677. The third-order valence-electron chi connectivity index (χ3n) is 3.52. The van der Waals surface area contributed by atoms with E-state index in [0.717, 1.165) is 11.4 Å². The van der Waals surface area contributed by atoms with Crippen LogP contribution in [0.4, 0.5) is 5.69 Å². The molecule has 6 nitrogen and oxygen atoms in total. The summed E-state index contributed by atoms with van der Waals surface area (Å²) >= 11 is 0. The molecule has 0 aliphatic carbocycles. The van der Waals surface area contributed by atoms with Crippen LogP contribution >= 0.6 is 12.4 Å². The lowest BCUT2D eigenvalue weighted by atomic mass is 10.2. The zero-order valence-electron chi connectivity index (χ0n) is 13.3. The van der Waals surface area contributed by atoms with Crippen LogP contribution < -0.4 is 20.7 Å². The maximum atomic E-state index is 12.0. The minimum absolute atomic E-state index is 0. The largest absolute Gasteiger partial charge is 0.482 e. The lowest BCUT2D eigenvalue weighted by molar-refractivity contribution is -0.121. The van der Waals surface area contributed by atoms with Crippen LogP contribution in [0.5, 0.6) is 5.75 Å². The van der Waals surface area contributed by atoms with Gasteiger partial charge in [0, 0.05) is 25.6 Å². The fraction of sp³-hybridized carbons (Fsp3) is 0.500. The Morgan fingerprint density at radius 1 is 1.43 bits per heavy atom. The molecule has 3 N–H and O–H groups in total. The lowest BCUT2D eigenvalue weighted by Gasteiger charge is -2.29. The number of carbonyl (C=O) groups is 2. The molecule has 1 aliphatic rings. The molecule has 1 atom stereocenters. The number of anilines is 1. The molecule has 2 amide bonds. The number of para-hydroxylation sites is 2. The second-order valence-corrected chi connectivity index (χ2v) is 5.52. The van der Waals surface area contributed by atoms with Gasteiger partial charge in [0.1, 0.15) is 5.75 Å². The van der Waals surface area contributed by atoms with E-state index in [-0.39, 0.29) is 36.9 Å². The number of fused-ring (bicyclic) bond motifs is 1. The van der Waals surface area contributed by atoms with Gasteiger partial charge in [-0.1, -0.05) is 12.1 Å². The number of nitrogens with zero attached hydrogens (tertiary/aromatic N) is 1. The van der Waals surface area contributed by atoms with Crippen molar-refractivity contribution < 1.29 is 14.3 Å². The van der Waals surface area contributed by atoms with Gasteiger partial charge in [0.2, 0.25) is 5.91 Å². The summed E-state index contributed by atoms with van der Waals surface area (Å²) in [5, 5.41) is 2.85. The van der Waals surface area contributed by atoms with Gasteiger partial charge in [0.15, 0.2) is 6.61 Å². The summed E-state index contributed by atoms with van der Waals surface area (Å²) in [6.07, 6.45) is 1.82. The monoisotopic (exact) mass is 341 g/mol. The summed E-state index contributed by atoms with van der Waals surface area (Å²) in [6, 6.07) is 7.51. The first-order chi connectivity index (χ1) is 10.6. The smallest absolute Gasteiger partial charge is 0.265 e. The Kier molecular flexibility index (Phi) is 7.85. The molecule has 0 spiro atoms. The molecule has 1 unspecified atom stereocenters. The van der Waals surface area contributed by atoms with Gasteiger partial charge in [0.05, 0.1) is 5.69 Å². The SMILES string of the molecule is CC(N)CCC(=O)NCCCN1C(=O)COc2ccccc21.Cl. The van der Waals surface area contributed by atoms with Crippen LogP contribution in [0.15, 0.2) is 24.3 Å². The molecule has 0 radical (unpaired) electrons. The average Bonchev–Trinajstić information content (AvgIpc) is 2.51. The first-order valence-electron chi connectivity index (χ1n) is 7.62. The van der Waals surface area contributed by atoms with E-state index in [1.54, 1.807) is 4.90 Å². The number of amides is 2. The van der Waals surface area contributed by atoms with Crippen molar-refractivity contribution in [3.63, 3.8) is 0 Å². The Labute approximate surface area is 142 Å². The zero-order chi connectivity index (χ0) is 15.9. The molecule has 23 heavy (non-hydrogen) atoms. The standard InChI is InChI=1S/C16H23N3O3.ClH/c1-12(17)7-8-15(20)18-9-4-10-19-13-5-2-3-6-14(13)22-11-16(19)21;/h2-3,5-6,12H,4,7-11,17H2,1H3,(H,18,20);1H. The molecular formula is C16H24ClN3O3. The van der Waals surface area contributed by atoms with Crippen molar-refractivity contribution >= 4 is 29.9 Å². The molecule has 128 valence electrons. The van der Waals surface area contributed by atoms with E-state index in [9.17, 15) is 9.59 Å². The van der Waals surface area contributed by atoms with Crippen molar-refractivity contribution in [2.45, 2.75) is 32.2 Å². The van der Waals surface area contributed by atoms with E-state index in [1.807, 2.05) is 31.2 Å². The quantitative estimate of drug-likeness (QED) is 0.735. The summed E-state index contributed by atoms with van der Waals surface area (Å²) < 4.78 is 5.39.